The Morgan fingerprint density at radius 2 is 1.11 bits per heavy atom. The molecule has 1 aliphatic rings. The first-order valence-electron chi connectivity index (χ1n) is 16.9. The van der Waals surface area contributed by atoms with Crippen molar-refractivity contribution in [3.05, 3.63) is 137 Å². The topological polar surface area (TPSA) is 49.0 Å². The van der Waals surface area contributed by atoms with Crippen LogP contribution in [0.5, 0.6) is 5.75 Å². The first-order chi connectivity index (χ1) is 22.5. The lowest BCUT2D eigenvalue weighted by Gasteiger charge is -2.39. The Labute approximate surface area is 276 Å². The SMILES string of the molecule is CC(C)c1ccc(CO[C@H]2CNC[C@@H](OCc3ccc(C(C)C)cc3)C2c2ccc(OCCCOCc3ccccc3)cc2)cc1. The maximum Gasteiger partial charge on any atom is 0.119 e. The van der Waals surface area contributed by atoms with E-state index in [1.807, 2.05) is 18.2 Å². The third-order valence-electron chi connectivity index (χ3n) is 8.79. The lowest BCUT2D eigenvalue weighted by molar-refractivity contribution is -0.0650. The smallest absolute Gasteiger partial charge is 0.119 e. The van der Waals surface area contributed by atoms with Gasteiger partial charge in [-0.25, -0.2) is 0 Å². The largest absolute Gasteiger partial charge is 0.494 e. The molecular formula is C41H51NO4. The number of benzene rings is 4. The van der Waals surface area contributed by atoms with Gasteiger partial charge in [0.1, 0.15) is 5.75 Å². The average molecular weight is 622 g/mol. The number of ether oxygens (including phenoxy) is 4. The molecule has 5 heteroatoms. The number of nitrogens with one attached hydrogen (secondary N) is 1. The monoisotopic (exact) mass is 621 g/mol. The van der Waals surface area contributed by atoms with Gasteiger partial charge < -0.3 is 24.3 Å². The van der Waals surface area contributed by atoms with Crippen LogP contribution in [0.25, 0.3) is 0 Å². The summed E-state index contributed by atoms with van der Waals surface area (Å²) in [6.45, 7) is 13.5. The minimum absolute atomic E-state index is 0.0274. The van der Waals surface area contributed by atoms with Gasteiger partial charge >= 0.3 is 0 Å². The van der Waals surface area contributed by atoms with E-state index >= 15 is 0 Å². The Bertz CT molecular complexity index is 1360. The summed E-state index contributed by atoms with van der Waals surface area (Å²) in [4.78, 5) is 0. The molecule has 5 rings (SSSR count). The van der Waals surface area contributed by atoms with Crippen molar-refractivity contribution < 1.29 is 18.9 Å². The Balaban J connectivity index is 1.21. The van der Waals surface area contributed by atoms with E-state index in [0.29, 0.717) is 44.9 Å². The van der Waals surface area contributed by atoms with Crippen molar-refractivity contribution >= 4 is 0 Å². The highest BCUT2D eigenvalue weighted by Crippen LogP contribution is 2.33. The molecule has 5 nitrogen and oxygen atoms in total. The number of piperidine rings is 1. The highest BCUT2D eigenvalue weighted by molar-refractivity contribution is 5.32. The Kier molecular flexibility index (Phi) is 12.8. The second-order valence-corrected chi connectivity index (χ2v) is 13.0. The predicted molar refractivity (Wildman–Crippen MR) is 186 cm³/mol. The number of hydrogen-bond acceptors (Lipinski definition) is 5. The molecule has 4 aromatic rings. The molecule has 0 aliphatic carbocycles. The maximum absolute atomic E-state index is 6.64. The first kappa shape index (κ1) is 33.9. The molecule has 3 atom stereocenters. The van der Waals surface area contributed by atoms with Crippen molar-refractivity contribution in [1.82, 2.24) is 5.32 Å². The minimum atomic E-state index is -0.0274. The van der Waals surface area contributed by atoms with Gasteiger partial charge in [-0.05, 0) is 57.3 Å². The fraction of sp³-hybridized carbons (Fsp3) is 0.415. The number of rotatable bonds is 16. The third-order valence-corrected chi connectivity index (χ3v) is 8.79. The van der Waals surface area contributed by atoms with Gasteiger partial charge in [-0.1, -0.05) is 119 Å². The summed E-state index contributed by atoms with van der Waals surface area (Å²) in [5.74, 6) is 1.99. The van der Waals surface area contributed by atoms with E-state index in [9.17, 15) is 0 Å². The van der Waals surface area contributed by atoms with Crippen molar-refractivity contribution in [3.63, 3.8) is 0 Å². The van der Waals surface area contributed by atoms with Crippen molar-refractivity contribution in [2.75, 3.05) is 26.3 Å². The van der Waals surface area contributed by atoms with Crippen LogP contribution in [0.1, 0.15) is 85.3 Å². The van der Waals surface area contributed by atoms with E-state index in [2.05, 4.69) is 118 Å². The lowest BCUT2D eigenvalue weighted by Crippen LogP contribution is -2.50. The third kappa shape index (κ3) is 10.0. The molecular weight excluding hydrogens is 570 g/mol. The summed E-state index contributed by atoms with van der Waals surface area (Å²) in [5.41, 5.74) is 7.46. The van der Waals surface area contributed by atoms with Crippen molar-refractivity contribution in [2.45, 2.75) is 83.9 Å². The van der Waals surface area contributed by atoms with Crippen molar-refractivity contribution in [1.29, 1.82) is 0 Å². The van der Waals surface area contributed by atoms with Crippen LogP contribution < -0.4 is 10.1 Å². The molecule has 0 bridgehead atoms. The van der Waals surface area contributed by atoms with Gasteiger partial charge in [-0.2, -0.15) is 0 Å². The van der Waals surface area contributed by atoms with Gasteiger partial charge in [0.05, 0.1) is 45.2 Å². The van der Waals surface area contributed by atoms with Crippen LogP contribution >= 0.6 is 0 Å². The van der Waals surface area contributed by atoms with Crippen molar-refractivity contribution in [2.24, 2.45) is 0 Å². The molecule has 1 aliphatic heterocycles. The van der Waals surface area contributed by atoms with E-state index in [0.717, 1.165) is 25.3 Å². The van der Waals surface area contributed by atoms with Crippen LogP contribution in [-0.2, 0) is 34.0 Å². The van der Waals surface area contributed by atoms with Gasteiger partial charge in [0.15, 0.2) is 0 Å². The summed E-state index contributed by atoms with van der Waals surface area (Å²) in [7, 11) is 0. The zero-order valence-electron chi connectivity index (χ0n) is 28.0. The van der Waals surface area contributed by atoms with Gasteiger partial charge in [-0.15, -0.1) is 0 Å². The molecule has 4 aromatic carbocycles. The van der Waals surface area contributed by atoms with Gasteiger partial charge in [0, 0.05) is 25.4 Å². The Hall–Kier alpha value is -3.48. The van der Waals surface area contributed by atoms with Crippen molar-refractivity contribution in [3.8, 4) is 5.75 Å². The second kappa shape index (κ2) is 17.4. The molecule has 0 spiro atoms. The minimum Gasteiger partial charge on any atom is -0.494 e. The van der Waals surface area contributed by atoms with Gasteiger partial charge in [0.2, 0.25) is 0 Å². The lowest BCUT2D eigenvalue weighted by atomic mass is 9.85. The van der Waals surface area contributed by atoms with Crippen LogP contribution in [0.2, 0.25) is 0 Å². The highest BCUT2D eigenvalue weighted by atomic mass is 16.5. The quantitative estimate of drug-likeness (QED) is 0.127. The molecule has 46 heavy (non-hydrogen) atoms. The molecule has 1 unspecified atom stereocenters. The fourth-order valence-electron chi connectivity index (χ4n) is 5.92. The summed E-state index contributed by atoms with van der Waals surface area (Å²) in [6.07, 6.45) is 0.783. The summed E-state index contributed by atoms with van der Waals surface area (Å²) in [6, 6.07) is 36.4. The molecule has 244 valence electrons. The van der Waals surface area contributed by atoms with E-state index in [-0.39, 0.29) is 18.1 Å². The zero-order chi connectivity index (χ0) is 32.1. The van der Waals surface area contributed by atoms with Gasteiger partial charge in [0.25, 0.3) is 0 Å². The predicted octanol–water partition coefficient (Wildman–Crippen LogP) is 8.78. The standard InChI is InChI=1S/C41H51NO4/c1-30(2)35-15-11-33(12-16-35)28-45-39-25-42-26-40(46-29-34-13-17-36(18-14-34)31(3)4)41(39)37-19-21-38(22-20-37)44-24-8-23-43-27-32-9-6-5-7-10-32/h5-7,9-22,30-31,39-42H,8,23-29H2,1-4H3/t39-,40+,41?. The maximum atomic E-state index is 6.64. The molecule has 0 aromatic heterocycles. The second-order valence-electron chi connectivity index (χ2n) is 13.0. The van der Waals surface area contributed by atoms with E-state index in [4.69, 9.17) is 18.9 Å². The summed E-state index contributed by atoms with van der Waals surface area (Å²) >= 11 is 0. The van der Waals surface area contributed by atoms with E-state index in [1.165, 1.54) is 33.4 Å². The molecule has 0 amide bonds. The van der Waals surface area contributed by atoms with Crippen LogP contribution in [0.4, 0.5) is 0 Å². The highest BCUT2D eigenvalue weighted by Gasteiger charge is 2.36. The number of hydrogen-bond donors (Lipinski definition) is 1. The molecule has 1 fully saturated rings. The summed E-state index contributed by atoms with van der Waals surface area (Å²) in [5, 5.41) is 3.59. The van der Waals surface area contributed by atoms with Crippen LogP contribution in [0.15, 0.2) is 103 Å². The van der Waals surface area contributed by atoms with Crippen LogP contribution in [-0.4, -0.2) is 38.5 Å². The molecule has 1 N–H and O–H groups in total. The normalized spacial score (nSPS) is 18.3. The Morgan fingerprint density at radius 1 is 0.587 bits per heavy atom. The van der Waals surface area contributed by atoms with Gasteiger partial charge in [-0.3, -0.25) is 0 Å². The van der Waals surface area contributed by atoms with E-state index < -0.39 is 0 Å². The first-order valence-corrected chi connectivity index (χ1v) is 16.9. The van der Waals surface area contributed by atoms with E-state index in [1.54, 1.807) is 0 Å². The molecule has 1 heterocycles. The molecule has 1 saturated heterocycles. The molecule has 0 saturated carbocycles. The molecule has 0 radical (unpaired) electrons. The van der Waals surface area contributed by atoms with Crippen LogP contribution in [0, 0.1) is 0 Å². The summed E-state index contributed by atoms with van der Waals surface area (Å²) < 4.78 is 25.1. The zero-order valence-corrected chi connectivity index (χ0v) is 28.0. The average Bonchev–Trinajstić information content (AvgIpc) is 3.09. The van der Waals surface area contributed by atoms with Crippen LogP contribution in [0.3, 0.4) is 0 Å². The fourth-order valence-corrected chi connectivity index (χ4v) is 5.92. The Morgan fingerprint density at radius 3 is 1.63 bits per heavy atom.